The van der Waals surface area contributed by atoms with E-state index in [0.717, 1.165) is 17.0 Å². The van der Waals surface area contributed by atoms with E-state index in [1.54, 1.807) is 12.1 Å². The summed E-state index contributed by atoms with van der Waals surface area (Å²) in [5, 5.41) is 5.01. The Hall–Kier alpha value is -3.50. The molecule has 1 atom stereocenters. The molecule has 1 aliphatic rings. The Morgan fingerprint density at radius 2 is 1.93 bits per heavy atom. The van der Waals surface area contributed by atoms with Gasteiger partial charge in [-0.2, -0.15) is 0 Å². The Labute approximate surface area is 162 Å². The van der Waals surface area contributed by atoms with Gasteiger partial charge in [0.05, 0.1) is 12.8 Å². The fourth-order valence-corrected chi connectivity index (χ4v) is 2.72. The molecule has 1 saturated heterocycles. The molecule has 11 heteroatoms. The highest BCUT2D eigenvalue weighted by atomic mass is 19.4. The highest BCUT2D eigenvalue weighted by Crippen LogP contribution is 2.24. The number of ether oxygens (including phenoxy) is 1. The molecule has 0 aliphatic carbocycles. The van der Waals surface area contributed by atoms with Crippen molar-refractivity contribution in [3.63, 3.8) is 0 Å². The van der Waals surface area contributed by atoms with E-state index < -0.39 is 36.0 Å². The summed E-state index contributed by atoms with van der Waals surface area (Å²) in [6, 6.07) is 6.50. The van der Waals surface area contributed by atoms with Gasteiger partial charge in [0.1, 0.15) is 17.6 Å². The topological polar surface area (TPSA) is 101 Å². The van der Waals surface area contributed by atoms with Gasteiger partial charge >= 0.3 is 12.4 Å². The number of hydrogen-bond acceptors (Lipinski definition) is 5. The molecular weight excluding hydrogens is 395 g/mol. The Morgan fingerprint density at radius 1 is 1.21 bits per heavy atom. The van der Waals surface area contributed by atoms with E-state index in [1.165, 1.54) is 18.4 Å². The van der Waals surface area contributed by atoms with E-state index in [2.05, 4.69) is 15.4 Å². The van der Waals surface area contributed by atoms with Gasteiger partial charge in [-0.05, 0) is 42.8 Å². The molecule has 0 spiro atoms. The number of furan rings is 1. The van der Waals surface area contributed by atoms with Crippen molar-refractivity contribution in [2.45, 2.75) is 31.8 Å². The zero-order valence-corrected chi connectivity index (χ0v) is 14.9. The predicted molar refractivity (Wildman–Crippen MR) is 92.6 cm³/mol. The molecule has 8 nitrogen and oxygen atoms in total. The molecular formula is C18H16F3N3O5. The zero-order chi connectivity index (χ0) is 21.0. The van der Waals surface area contributed by atoms with Crippen LogP contribution in [0.25, 0.3) is 0 Å². The van der Waals surface area contributed by atoms with E-state index in [-0.39, 0.29) is 25.1 Å². The Bertz CT molecular complexity index is 881. The van der Waals surface area contributed by atoms with Crippen LogP contribution in [0.15, 0.2) is 47.1 Å². The molecule has 1 aromatic carbocycles. The maximum absolute atomic E-state index is 12.3. The Kier molecular flexibility index (Phi) is 5.76. The van der Waals surface area contributed by atoms with Crippen LogP contribution in [0.5, 0.6) is 5.75 Å². The highest BCUT2D eigenvalue weighted by molar-refractivity contribution is 6.04. The van der Waals surface area contributed by atoms with Crippen LogP contribution in [0.3, 0.4) is 0 Å². The van der Waals surface area contributed by atoms with Crippen molar-refractivity contribution >= 4 is 23.5 Å². The molecule has 154 valence electrons. The van der Waals surface area contributed by atoms with Gasteiger partial charge in [-0.1, -0.05) is 0 Å². The standard InChI is InChI=1S/C18H16F3N3O5/c19-18(20,21)29-12-5-3-11(4-6-12)22-15(25)8-7-14-16(26)24(17(27)23-14)10-13-2-1-9-28-13/h1-6,9,14H,7-8,10H2,(H,22,25)(H,23,27)/t14-/m0/s1. The van der Waals surface area contributed by atoms with E-state index in [9.17, 15) is 27.6 Å². The number of nitrogens with zero attached hydrogens (tertiary/aromatic N) is 1. The lowest BCUT2D eigenvalue weighted by molar-refractivity contribution is -0.274. The summed E-state index contributed by atoms with van der Waals surface area (Å²) in [5.74, 6) is -0.884. The number of anilines is 1. The second-order valence-corrected chi connectivity index (χ2v) is 6.16. The van der Waals surface area contributed by atoms with Crippen molar-refractivity contribution in [1.82, 2.24) is 10.2 Å². The van der Waals surface area contributed by atoms with Crippen LogP contribution in [-0.2, 0) is 16.1 Å². The minimum absolute atomic E-state index is 0.00723. The average Bonchev–Trinajstić information content (AvgIpc) is 3.24. The summed E-state index contributed by atoms with van der Waals surface area (Å²) in [7, 11) is 0. The zero-order valence-electron chi connectivity index (χ0n) is 14.9. The summed E-state index contributed by atoms with van der Waals surface area (Å²) in [4.78, 5) is 37.3. The number of carbonyl (C=O) groups is 3. The smallest absolute Gasteiger partial charge is 0.467 e. The van der Waals surface area contributed by atoms with E-state index >= 15 is 0 Å². The molecule has 1 fully saturated rings. The van der Waals surface area contributed by atoms with Gasteiger partial charge in [0, 0.05) is 12.1 Å². The molecule has 1 aromatic heterocycles. The van der Waals surface area contributed by atoms with Crippen LogP contribution >= 0.6 is 0 Å². The maximum atomic E-state index is 12.3. The normalized spacial score (nSPS) is 16.7. The number of halogens is 3. The molecule has 2 heterocycles. The number of benzene rings is 1. The van der Waals surface area contributed by atoms with E-state index in [0.29, 0.717) is 5.76 Å². The van der Waals surface area contributed by atoms with Crippen molar-refractivity contribution in [2.75, 3.05) is 5.32 Å². The average molecular weight is 411 g/mol. The predicted octanol–water partition coefficient (Wildman–Crippen LogP) is 3.02. The molecule has 2 N–H and O–H groups in total. The first kappa shape index (κ1) is 20.2. The van der Waals surface area contributed by atoms with Crippen LogP contribution in [0.2, 0.25) is 0 Å². The third-order valence-corrected chi connectivity index (χ3v) is 4.03. The lowest BCUT2D eigenvalue weighted by atomic mass is 10.1. The lowest BCUT2D eigenvalue weighted by Gasteiger charge is -2.12. The first-order valence-electron chi connectivity index (χ1n) is 8.51. The molecule has 29 heavy (non-hydrogen) atoms. The monoisotopic (exact) mass is 411 g/mol. The SMILES string of the molecule is O=C(CC[C@@H]1NC(=O)N(Cc2ccco2)C1=O)Nc1ccc(OC(F)(F)F)cc1. The number of urea groups is 1. The summed E-state index contributed by atoms with van der Waals surface area (Å²) < 4.78 is 45.3. The third kappa shape index (κ3) is 5.50. The Morgan fingerprint density at radius 3 is 2.55 bits per heavy atom. The Balaban J connectivity index is 1.48. The number of nitrogens with one attached hydrogen (secondary N) is 2. The number of imide groups is 1. The first-order chi connectivity index (χ1) is 13.7. The van der Waals surface area contributed by atoms with Gasteiger partial charge in [-0.3, -0.25) is 14.5 Å². The number of alkyl halides is 3. The van der Waals surface area contributed by atoms with Crippen molar-refractivity contribution in [1.29, 1.82) is 0 Å². The summed E-state index contributed by atoms with van der Waals surface area (Å²) >= 11 is 0. The van der Waals surface area contributed by atoms with Gasteiger partial charge in [0.2, 0.25) is 5.91 Å². The summed E-state index contributed by atoms with van der Waals surface area (Å²) in [6.07, 6.45) is -3.38. The van der Waals surface area contributed by atoms with E-state index in [4.69, 9.17) is 4.42 Å². The molecule has 0 radical (unpaired) electrons. The quantitative estimate of drug-likeness (QED) is 0.682. The van der Waals surface area contributed by atoms with Crippen LogP contribution < -0.4 is 15.4 Å². The molecule has 0 bridgehead atoms. The fraction of sp³-hybridized carbons (Fsp3) is 0.278. The van der Waals surface area contributed by atoms with Crippen molar-refractivity contribution in [2.24, 2.45) is 0 Å². The molecule has 1 aliphatic heterocycles. The van der Waals surface area contributed by atoms with Crippen LogP contribution in [0, 0.1) is 0 Å². The molecule has 0 unspecified atom stereocenters. The molecule has 4 amide bonds. The molecule has 0 saturated carbocycles. The van der Waals surface area contributed by atoms with Gasteiger partial charge in [0.15, 0.2) is 0 Å². The van der Waals surface area contributed by atoms with Crippen molar-refractivity contribution in [3.8, 4) is 5.75 Å². The number of carbonyl (C=O) groups excluding carboxylic acids is 3. The minimum Gasteiger partial charge on any atom is -0.467 e. The minimum atomic E-state index is -4.80. The second kappa shape index (κ2) is 8.25. The van der Waals surface area contributed by atoms with Crippen LogP contribution in [0.1, 0.15) is 18.6 Å². The lowest BCUT2D eigenvalue weighted by Crippen LogP contribution is -2.31. The van der Waals surface area contributed by atoms with Gasteiger partial charge in [-0.25, -0.2) is 4.79 Å². The van der Waals surface area contributed by atoms with Crippen molar-refractivity contribution in [3.05, 3.63) is 48.4 Å². The van der Waals surface area contributed by atoms with Crippen LogP contribution in [0.4, 0.5) is 23.7 Å². The number of amides is 4. The fourth-order valence-electron chi connectivity index (χ4n) is 2.72. The summed E-state index contributed by atoms with van der Waals surface area (Å²) in [6.45, 7) is -0.00723. The maximum Gasteiger partial charge on any atom is 0.573 e. The van der Waals surface area contributed by atoms with Crippen LogP contribution in [-0.4, -0.2) is 35.1 Å². The third-order valence-electron chi connectivity index (χ3n) is 4.03. The highest BCUT2D eigenvalue weighted by Gasteiger charge is 2.38. The first-order valence-corrected chi connectivity index (χ1v) is 8.51. The van der Waals surface area contributed by atoms with Gasteiger partial charge in [0.25, 0.3) is 5.91 Å². The van der Waals surface area contributed by atoms with Gasteiger partial charge < -0.3 is 19.8 Å². The summed E-state index contributed by atoms with van der Waals surface area (Å²) in [5.41, 5.74) is 0.269. The van der Waals surface area contributed by atoms with Gasteiger partial charge in [-0.15, -0.1) is 13.2 Å². The number of rotatable bonds is 7. The second-order valence-electron chi connectivity index (χ2n) is 6.16. The largest absolute Gasteiger partial charge is 0.573 e. The molecule has 3 rings (SSSR count). The molecule has 2 aromatic rings. The van der Waals surface area contributed by atoms with E-state index in [1.807, 2.05) is 0 Å². The number of hydrogen-bond donors (Lipinski definition) is 2. The van der Waals surface area contributed by atoms with Crippen molar-refractivity contribution < 1.29 is 36.7 Å².